The number of nitrogens with one attached hydrogen (secondary N) is 2. The van der Waals surface area contributed by atoms with E-state index in [1.165, 1.54) is 6.07 Å². The molecule has 0 bridgehead atoms. The van der Waals surface area contributed by atoms with E-state index in [1.54, 1.807) is 42.7 Å². The summed E-state index contributed by atoms with van der Waals surface area (Å²) in [6, 6.07) is 3.33. The lowest BCUT2D eigenvalue weighted by Crippen LogP contribution is -2.54. The van der Waals surface area contributed by atoms with Crippen molar-refractivity contribution < 1.29 is 33.5 Å². The van der Waals surface area contributed by atoms with Gasteiger partial charge in [-0.1, -0.05) is 12.1 Å². The van der Waals surface area contributed by atoms with Crippen LogP contribution in [-0.4, -0.2) is 88.3 Å². The van der Waals surface area contributed by atoms with Crippen LogP contribution >= 0.6 is 0 Å². The average Bonchev–Trinajstić information content (AvgIpc) is 3.07. The van der Waals surface area contributed by atoms with E-state index in [0.717, 1.165) is 4.90 Å². The number of benzene rings is 1. The molecule has 1 atom stereocenters. The number of piperazine rings is 1. The second-order valence-electron chi connectivity index (χ2n) is 9.90. The SMILES string of the molecule is CC(C)(C)OC(=O)N1CCN(C(=O)NCc2cccc3c2C(=O)N(C2CCC(=O)NC2=O)C3=O)CC1. The first-order valence-corrected chi connectivity index (χ1v) is 11.8. The summed E-state index contributed by atoms with van der Waals surface area (Å²) in [5.41, 5.74) is 0.139. The minimum absolute atomic E-state index is 0.00348. The van der Waals surface area contributed by atoms with Crippen LogP contribution in [-0.2, 0) is 20.9 Å². The van der Waals surface area contributed by atoms with Crippen molar-refractivity contribution in [3.8, 4) is 0 Å². The first kappa shape index (κ1) is 25.1. The van der Waals surface area contributed by atoms with Gasteiger partial charge in [-0.2, -0.15) is 0 Å². The molecule has 0 radical (unpaired) electrons. The van der Waals surface area contributed by atoms with Crippen LogP contribution in [0, 0.1) is 0 Å². The monoisotopic (exact) mass is 499 g/mol. The van der Waals surface area contributed by atoms with E-state index in [1.807, 2.05) is 0 Å². The Balaban J connectivity index is 1.38. The minimum atomic E-state index is -1.06. The fourth-order valence-corrected chi connectivity index (χ4v) is 4.43. The molecule has 192 valence electrons. The first-order chi connectivity index (χ1) is 17.0. The Bertz CT molecular complexity index is 1130. The van der Waals surface area contributed by atoms with Gasteiger partial charge in [0.15, 0.2) is 0 Å². The number of imide groups is 2. The summed E-state index contributed by atoms with van der Waals surface area (Å²) >= 11 is 0. The lowest BCUT2D eigenvalue weighted by molar-refractivity contribution is -0.136. The molecule has 7 amide bonds. The van der Waals surface area contributed by atoms with Gasteiger partial charge in [-0.05, 0) is 38.8 Å². The van der Waals surface area contributed by atoms with Crippen molar-refractivity contribution in [1.29, 1.82) is 0 Å². The molecule has 3 aliphatic rings. The van der Waals surface area contributed by atoms with E-state index in [9.17, 15) is 28.8 Å². The number of hydrogen-bond acceptors (Lipinski definition) is 7. The van der Waals surface area contributed by atoms with Crippen molar-refractivity contribution in [2.75, 3.05) is 26.2 Å². The van der Waals surface area contributed by atoms with Crippen LogP contribution in [0.15, 0.2) is 18.2 Å². The Morgan fingerprint density at radius 1 is 1.03 bits per heavy atom. The third-order valence-electron chi connectivity index (χ3n) is 6.20. The summed E-state index contributed by atoms with van der Waals surface area (Å²) < 4.78 is 5.37. The summed E-state index contributed by atoms with van der Waals surface area (Å²) in [6.45, 7) is 6.66. The van der Waals surface area contributed by atoms with Gasteiger partial charge in [-0.25, -0.2) is 9.59 Å². The first-order valence-electron chi connectivity index (χ1n) is 11.8. The van der Waals surface area contributed by atoms with Gasteiger partial charge in [0.2, 0.25) is 11.8 Å². The number of ether oxygens (including phenoxy) is 1. The lowest BCUT2D eigenvalue weighted by atomic mass is 10.0. The average molecular weight is 500 g/mol. The second kappa shape index (κ2) is 9.59. The molecule has 1 aromatic carbocycles. The molecule has 0 saturated carbocycles. The summed E-state index contributed by atoms with van der Waals surface area (Å²) in [6.07, 6.45) is -0.322. The van der Waals surface area contributed by atoms with Crippen LogP contribution in [0.3, 0.4) is 0 Å². The number of fused-ring (bicyclic) bond motifs is 1. The molecule has 1 aromatic rings. The topological polar surface area (TPSA) is 145 Å². The maximum absolute atomic E-state index is 13.2. The summed E-state index contributed by atoms with van der Waals surface area (Å²) in [7, 11) is 0. The van der Waals surface area contributed by atoms with Crippen LogP contribution in [0.5, 0.6) is 0 Å². The zero-order chi connectivity index (χ0) is 26.2. The number of carbonyl (C=O) groups excluding carboxylic acids is 6. The van der Waals surface area contributed by atoms with Crippen molar-refractivity contribution in [1.82, 2.24) is 25.3 Å². The normalized spacial score (nSPS) is 20.3. The quantitative estimate of drug-likeness (QED) is 0.587. The maximum atomic E-state index is 13.2. The number of piperidine rings is 1. The molecule has 3 aliphatic heterocycles. The van der Waals surface area contributed by atoms with Crippen LogP contribution in [0.1, 0.15) is 59.9 Å². The van der Waals surface area contributed by atoms with Gasteiger partial charge in [0.05, 0.1) is 11.1 Å². The van der Waals surface area contributed by atoms with Crippen LogP contribution in [0.25, 0.3) is 0 Å². The molecule has 36 heavy (non-hydrogen) atoms. The third kappa shape index (κ3) is 5.02. The van der Waals surface area contributed by atoms with Crippen molar-refractivity contribution in [3.63, 3.8) is 0 Å². The maximum Gasteiger partial charge on any atom is 0.410 e. The van der Waals surface area contributed by atoms with Gasteiger partial charge in [0.1, 0.15) is 11.6 Å². The van der Waals surface area contributed by atoms with E-state index in [0.29, 0.717) is 31.7 Å². The molecule has 4 rings (SSSR count). The standard InChI is InChI=1S/C24H29N5O7/c1-24(2,3)36-23(35)28-11-9-27(10-12-28)22(34)25-13-14-5-4-6-15-18(14)21(33)29(20(15)32)16-7-8-17(30)26-19(16)31/h4-6,16H,7-13H2,1-3H3,(H,25,34)(H,26,30,31). The predicted molar refractivity (Wildman–Crippen MR) is 125 cm³/mol. The van der Waals surface area contributed by atoms with Gasteiger partial charge in [0.25, 0.3) is 11.8 Å². The summed E-state index contributed by atoms with van der Waals surface area (Å²) in [5, 5.41) is 4.94. The molecule has 0 spiro atoms. The van der Waals surface area contributed by atoms with Gasteiger partial charge < -0.3 is 19.9 Å². The van der Waals surface area contributed by atoms with Crippen LogP contribution in [0.4, 0.5) is 9.59 Å². The zero-order valence-corrected chi connectivity index (χ0v) is 20.5. The third-order valence-corrected chi connectivity index (χ3v) is 6.20. The minimum Gasteiger partial charge on any atom is -0.444 e. The van der Waals surface area contributed by atoms with E-state index < -0.39 is 41.4 Å². The lowest BCUT2D eigenvalue weighted by Gasteiger charge is -2.35. The van der Waals surface area contributed by atoms with Gasteiger partial charge in [-0.3, -0.25) is 29.4 Å². The summed E-state index contributed by atoms with van der Waals surface area (Å²) in [4.78, 5) is 78.8. The van der Waals surface area contributed by atoms with Crippen LogP contribution in [0.2, 0.25) is 0 Å². The molecule has 0 aromatic heterocycles. The van der Waals surface area contributed by atoms with E-state index in [-0.39, 0.29) is 36.5 Å². The zero-order valence-electron chi connectivity index (χ0n) is 20.5. The van der Waals surface area contributed by atoms with Crippen molar-refractivity contribution >= 4 is 35.8 Å². The highest BCUT2D eigenvalue weighted by Gasteiger charge is 2.45. The highest BCUT2D eigenvalue weighted by molar-refractivity contribution is 6.24. The Morgan fingerprint density at radius 3 is 2.33 bits per heavy atom. The second-order valence-corrected chi connectivity index (χ2v) is 9.90. The largest absolute Gasteiger partial charge is 0.444 e. The smallest absolute Gasteiger partial charge is 0.410 e. The van der Waals surface area contributed by atoms with Crippen LogP contribution < -0.4 is 10.6 Å². The highest BCUT2D eigenvalue weighted by Crippen LogP contribution is 2.30. The van der Waals surface area contributed by atoms with E-state index in [4.69, 9.17) is 4.74 Å². The Kier molecular flexibility index (Phi) is 6.70. The molecule has 2 N–H and O–H groups in total. The predicted octanol–water partition coefficient (Wildman–Crippen LogP) is 0.850. The number of rotatable bonds is 3. The Labute approximate surface area is 207 Å². The summed E-state index contributed by atoms with van der Waals surface area (Å²) in [5.74, 6) is -2.35. The van der Waals surface area contributed by atoms with Crippen molar-refractivity contribution in [3.05, 3.63) is 34.9 Å². The number of carbonyl (C=O) groups is 6. The fraction of sp³-hybridized carbons (Fsp3) is 0.500. The van der Waals surface area contributed by atoms with Gasteiger partial charge >= 0.3 is 12.1 Å². The molecular weight excluding hydrogens is 470 g/mol. The fourth-order valence-electron chi connectivity index (χ4n) is 4.43. The molecule has 1 unspecified atom stereocenters. The highest BCUT2D eigenvalue weighted by atomic mass is 16.6. The number of amides is 7. The Morgan fingerprint density at radius 2 is 1.69 bits per heavy atom. The molecule has 12 nitrogen and oxygen atoms in total. The molecular formula is C24H29N5O7. The number of nitrogens with zero attached hydrogens (tertiary/aromatic N) is 3. The van der Waals surface area contributed by atoms with Gasteiger partial charge in [0, 0.05) is 39.1 Å². The van der Waals surface area contributed by atoms with E-state index >= 15 is 0 Å². The molecule has 12 heteroatoms. The number of hydrogen-bond donors (Lipinski definition) is 2. The molecule has 2 saturated heterocycles. The number of urea groups is 1. The van der Waals surface area contributed by atoms with Crippen molar-refractivity contribution in [2.45, 2.75) is 51.8 Å². The van der Waals surface area contributed by atoms with Gasteiger partial charge in [-0.15, -0.1) is 0 Å². The van der Waals surface area contributed by atoms with E-state index in [2.05, 4.69) is 10.6 Å². The molecule has 0 aliphatic carbocycles. The molecule has 2 fully saturated rings. The Hall–Kier alpha value is -3.96. The van der Waals surface area contributed by atoms with Crippen molar-refractivity contribution in [2.24, 2.45) is 0 Å². The molecule has 3 heterocycles.